The molecule has 1 heterocycles. The molecule has 1 aliphatic heterocycles. The van der Waals surface area contributed by atoms with Crippen molar-refractivity contribution in [1.82, 2.24) is 4.90 Å². The van der Waals surface area contributed by atoms with Crippen LogP contribution in [0.2, 0.25) is 0 Å². The summed E-state index contributed by atoms with van der Waals surface area (Å²) in [5, 5.41) is 0. The van der Waals surface area contributed by atoms with Crippen molar-refractivity contribution >= 4 is 0 Å². The average Bonchev–Trinajstić information content (AvgIpc) is 2.65. The molecule has 1 saturated heterocycles. The van der Waals surface area contributed by atoms with Crippen molar-refractivity contribution in [2.24, 2.45) is 11.8 Å². The van der Waals surface area contributed by atoms with Gasteiger partial charge in [0.15, 0.2) is 0 Å². The normalized spacial score (nSPS) is 39.2. The maximum atomic E-state index is 2.85. The van der Waals surface area contributed by atoms with E-state index < -0.39 is 0 Å². The minimum absolute atomic E-state index is 0.996. The Labute approximate surface area is 94.2 Å². The fourth-order valence-electron chi connectivity index (χ4n) is 4.09. The summed E-state index contributed by atoms with van der Waals surface area (Å²) in [5.41, 5.74) is 0. The van der Waals surface area contributed by atoms with E-state index in [9.17, 15) is 0 Å². The molecule has 3 fully saturated rings. The number of piperidine rings is 1. The van der Waals surface area contributed by atoms with Gasteiger partial charge in [0.2, 0.25) is 0 Å². The molecule has 0 N–H and O–H groups in total. The molecule has 1 nitrogen and oxygen atoms in total. The van der Waals surface area contributed by atoms with Gasteiger partial charge in [0, 0.05) is 6.04 Å². The summed E-state index contributed by atoms with van der Waals surface area (Å²) in [6.07, 6.45) is 13.6. The average molecular weight is 207 g/mol. The van der Waals surface area contributed by atoms with Crippen LogP contribution in [0.15, 0.2) is 0 Å². The second kappa shape index (κ2) is 4.45. The Balaban J connectivity index is 1.62. The quantitative estimate of drug-likeness (QED) is 0.670. The van der Waals surface area contributed by atoms with Crippen LogP contribution < -0.4 is 0 Å². The summed E-state index contributed by atoms with van der Waals surface area (Å²) in [4.78, 5) is 2.85. The molecular weight excluding hydrogens is 182 g/mol. The van der Waals surface area contributed by atoms with Gasteiger partial charge in [-0.05, 0) is 50.6 Å². The molecule has 15 heavy (non-hydrogen) atoms. The number of rotatable bonds is 2. The minimum Gasteiger partial charge on any atom is -0.300 e. The molecule has 0 radical (unpaired) electrons. The van der Waals surface area contributed by atoms with Crippen LogP contribution in [0.4, 0.5) is 0 Å². The highest BCUT2D eigenvalue weighted by Gasteiger charge is 2.39. The van der Waals surface area contributed by atoms with E-state index in [4.69, 9.17) is 0 Å². The minimum atomic E-state index is 0.996. The van der Waals surface area contributed by atoms with E-state index >= 15 is 0 Å². The lowest BCUT2D eigenvalue weighted by atomic mass is 9.73. The maximum Gasteiger partial charge on any atom is 0.0126 e. The standard InChI is InChI=1S/C14H25N/c1-2-10-15(11-3-1)14-9-5-8-13(14)12-6-4-7-12/h12-14H,1-11H2. The molecule has 0 spiro atoms. The summed E-state index contributed by atoms with van der Waals surface area (Å²) in [6, 6.07) is 0.996. The number of nitrogens with zero attached hydrogens (tertiary/aromatic N) is 1. The molecule has 2 unspecified atom stereocenters. The van der Waals surface area contributed by atoms with Crippen LogP contribution in [0.3, 0.4) is 0 Å². The molecule has 1 heteroatoms. The summed E-state index contributed by atoms with van der Waals surface area (Å²) in [7, 11) is 0. The lowest BCUT2D eigenvalue weighted by Crippen LogP contribution is -2.44. The van der Waals surface area contributed by atoms with Crippen molar-refractivity contribution in [3.63, 3.8) is 0 Å². The molecular formula is C14H25N. The van der Waals surface area contributed by atoms with Crippen LogP contribution in [0.5, 0.6) is 0 Å². The number of likely N-dealkylation sites (tertiary alicyclic amines) is 1. The zero-order chi connectivity index (χ0) is 10.1. The monoisotopic (exact) mass is 207 g/mol. The van der Waals surface area contributed by atoms with Gasteiger partial charge in [0.25, 0.3) is 0 Å². The van der Waals surface area contributed by atoms with Crippen molar-refractivity contribution in [3.05, 3.63) is 0 Å². The highest BCUT2D eigenvalue weighted by atomic mass is 15.2. The largest absolute Gasteiger partial charge is 0.300 e. The van der Waals surface area contributed by atoms with Gasteiger partial charge < -0.3 is 4.90 Å². The van der Waals surface area contributed by atoms with Crippen LogP contribution in [0.25, 0.3) is 0 Å². The Hall–Kier alpha value is -0.0400. The molecule has 3 aliphatic rings. The van der Waals surface area contributed by atoms with E-state index in [0.717, 1.165) is 17.9 Å². The zero-order valence-corrected chi connectivity index (χ0v) is 9.96. The maximum absolute atomic E-state index is 2.85. The third-order valence-electron chi connectivity index (χ3n) is 5.15. The first-order valence-corrected chi connectivity index (χ1v) is 7.19. The van der Waals surface area contributed by atoms with Crippen LogP contribution in [-0.4, -0.2) is 24.0 Å². The smallest absolute Gasteiger partial charge is 0.0126 e. The van der Waals surface area contributed by atoms with Crippen molar-refractivity contribution < 1.29 is 0 Å². The third-order valence-corrected chi connectivity index (χ3v) is 5.15. The molecule has 3 rings (SSSR count). The first kappa shape index (κ1) is 10.1. The summed E-state index contributed by atoms with van der Waals surface area (Å²) >= 11 is 0. The van der Waals surface area contributed by atoms with Gasteiger partial charge in [0.1, 0.15) is 0 Å². The van der Waals surface area contributed by atoms with Gasteiger partial charge in [-0.25, -0.2) is 0 Å². The second-order valence-corrected chi connectivity index (χ2v) is 5.95. The molecule has 2 saturated carbocycles. The Morgan fingerprint density at radius 1 is 0.667 bits per heavy atom. The predicted octanol–water partition coefficient (Wildman–Crippen LogP) is 3.44. The number of hydrogen-bond donors (Lipinski definition) is 0. The molecule has 2 atom stereocenters. The summed E-state index contributed by atoms with van der Waals surface area (Å²) in [6.45, 7) is 2.82. The highest BCUT2D eigenvalue weighted by molar-refractivity contribution is 4.92. The molecule has 0 amide bonds. The summed E-state index contributed by atoms with van der Waals surface area (Å²) < 4.78 is 0. The first-order chi connectivity index (χ1) is 7.45. The molecule has 0 bridgehead atoms. The lowest BCUT2D eigenvalue weighted by molar-refractivity contribution is 0.0799. The molecule has 0 aromatic carbocycles. The second-order valence-electron chi connectivity index (χ2n) is 5.95. The Morgan fingerprint density at radius 3 is 2.07 bits per heavy atom. The van der Waals surface area contributed by atoms with Gasteiger partial charge in [-0.15, -0.1) is 0 Å². The fraction of sp³-hybridized carbons (Fsp3) is 1.00. The highest BCUT2D eigenvalue weighted by Crippen LogP contribution is 2.44. The van der Waals surface area contributed by atoms with Gasteiger partial charge in [-0.2, -0.15) is 0 Å². The van der Waals surface area contributed by atoms with Gasteiger partial charge in [0.05, 0.1) is 0 Å². The van der Waals surface area contributed by atoms with E-state index in [-0.39, 0.29) is 0 Å². The molecule has 86 valence electrons. The molecule has 0 aromatic rings. The van der Waals surface area contributed by atoms with Crippen molar-refractivity contribution in [2.75, 3.05) is 13.1 Å². The van der Waals surface area contributed by atoms with E-state index in [1.807, 2.05) is 0 Å². The van der Waals surface area contributed by atoms with Crippen molar-refractivity contribution in [2.45, 2.75) is 63.8 Å². The fourth-order valence-corrected chi connectivity index (χ4v) is 4.09. The Bertz CT molecular complexity index is 203. The lowest BCUT2D eigenvalue weighted by Gasteiger charge is -2.41. The third kappa shape index (κ3) is 1.95. The van der Waals surface area contributed by atoms with E-state index in [1.54, 1.807) is 19.3 Å². The van der Waals surface area contributed by atoms with Gasteiger partial charge in [-0.3, -0.25) is 0 Å². The topological polar surface area (TPSA) is 3.24 Å². The Kier molecular flexibility index (Phi) is 3.01. The van der Waals surface area contributed by atoms with E-state index in [2.05, 4.69) is 4.90 Å². The van der Waals surface area contributed by atoms with E-state index in [1.165, 1.54) is 51.6 Å². The van der Waals surface area contributed by atoms with Gasteiger partial charge >= 0.3 is 0 Å². The van der Waals surface area contributed by atoms with Crippen LogP contribution in [0, 0.1) is 11.8 Å². The van der Waals surface area contributed by atoms with Gasteiger partial charge in [-0.1, -0.05) is 32.1 Å². The molecule has 0 aromatic heterocycles. The van der Waals surface area contributed by atoms with E-state index in [0.29, 0.717) is 0 Å². The number of hydrogen-bond acceptors (Lipinski definition) is 1. The Morgan fingerprint density at radius 2 is 1.40 bits per heavy atom. The van der Waals surface area contributed by atoms with Crippen LogP contribution in [0.1, 0.15) is 57.8 Å². The zero-order valence-electron chi connectivity index (χ0n) is 9.96. The molecule has 2 aliphatic carbocycles. The van der Waals surface area contributed by atoms with Crippen molar-refractivity contribution in [1.29, 1.82) is 0 Å². The van der Waals surface area contributed by atoms with Crippen LogP contribution >= 0.6 is 0 Å². The SMILES string of the molecule is C1CCN(C2CCCC2C2CCC2)CC1. The summed E-state index contributed by atoms with van der Waals surface area (Å²) in [5.74, 6) is 2.22. The first-order valence-electron chi connectivity index (χ1n) is 7.19. The predicted molar refractivity (Wildman–Crippen MR) is 63.9 cm³/mol. The van der Waals surface area contributed by atoms with Crippen LogP contribution in [-0.2, 0) is 0 Å². The van der Waals surface area contributed by atoms with Crippen molar-refractivity contribution in [3.8, 4) is 0 Å².